The maximum atomic E-state index is 12.1. The van der Waals surface area contributed by atoms with E-state index >= 15 is 0 Å². The summed E-state index contributed by atoms with van der Waals surface area (Å²) in [6, 6.07) is 16.6. The molecule has 4 N–H and O–H groups in total. The van der Waals surface area contributed by atoms with Gasteiger partial charge in [-0.25, -0.2) is 4.99 Å². The van der Waals surface area contributed by atoms with Crippen LogP contribution in [0, 0.1) is 0 Å². The first-order valence-electron chi connectivity index (χ1n) is 8.69. The summed E-state index contributed by atoms with van der Waals surface area (Å²) >= 11 is 0. The van der Waals surface area contributed by atoms with Crippen LogP contribution in [0.15, 0.2) is 72.0 Å². The summed E-state index contributed by atoms with van der Waals surface area (Å²) in [6.07, 6.45) is 3.37. The number of carbonyl (C=O) groups excluding carboxylic acids is 1. The highest BCUT2D eigenvalue weighted by Gasteiger charge is 2.04. The van der Waals surface area contributed by atoms with Crippen molar-refractivity contribution in [1.29, 1.82) is 0 Å². The van der Waals surface area contributed by atoms with E-state index in [1.807, 2.05) is 48.5 Å². The number of rotatable bonds is 7. The molecule has 0 aliphatic rings. The van der Waals surface area contributed by atoms with E-state index in [4.69, 9.17) is 10.5 Å². The third-order valence-electron chi connectivity index (χ3n) is 3.87. The van der Waals surface area contributed by atoms with Crippen LogP contribution in [0.2, 0.25) is 0 Å². The smallest absolute Gasteiger partial charge is 0.246 e. The number of methoxy groups -OCH3 is 1. The molecule has 2 aromatic carbocycles. The van der Waals surface area contributed by atoms with E-state index in [2.05, 4.69) is 20.7 Å². The normalized spacial score (nSPS) is 11.1. The molecule has 0 atom stereocenters. The number of nitrogens with two attached hydrogens (primary N) is 1. The van der Waals surface area contributed by atoms with Crippen molar-refractivity contribution in [2.75, 3.05) is 17.7 Å². The largest absolute Gasteiger partial charge is 0.497 e. The predicted octanol–water partition coefficient (Wildman–Crippen LogP) is 2.46. The van der Waals surface area contributed by atoms with Crippen molar-refractivity contribution in [2.45, 2.75) is 13.1 Å². The van der Waals surface area contributed by atoms with Gasteiger partial charge in [-0.3, -0.25) is 9.48 Å². The number of guanidine groups is 1. The second-order valence-electron chi connectivity index (χ2n) is 6.01. The molecule has 144 valence electrons. The van der Waals surface area contributed by atoms with E-state index < -0.39 is 0 Å². The van der Waals surface area contributed by atoms with Crippen molar-refractivity contribution in [3.63, 3.8) is 0 Å². The Balaban J connectivity index is 1.55. The van der Waals surface area contributed by atoms with E-state index in [1.54, 1.807) is 30.3 Å². The van der Waals surface area contributed by atoms with Gasteiger partial charge in [0.2, 0.25) is 5.91 Å². The lowest BCUT2D eigenvalue weighted by atomic mass is 10.2. The van der Waals surface area contributed by atoms with E-state index in [-0.39, 0.29) is 12.5 Å². The summed E-state index contributed by atoms with van der Waals surface area (Å²) in [5.41, 5.74) is 8.40. The zero-order valence-electron chi connectivity index (χ0n) is 15.5. The Kier molecular flexibility index (Phi) is 6.25. The highest BCUT2D eigenvalue weighted by molar-refractivity contribution is 5.92. The Morgan fingerprint density at radius 2 is 1.96 bits per heavy atom. The molecule has 0 saturated carbocycles. The van der Waals surface area contributed by atoms with Gasteiger partial charge in [0.1, 0.15) is 12.3 Å². The molecule has 0 fully saturated rings. The molecule has 8 nitrogen and oxygen atoms in total. The Hall–Kier alpha value is -3.81. The number of hydrogen-bond acceptors (Lipinski definition) is 4. The van der Waals surface area contributed by atoms with Gasteiger partial charge in [-0.2, -0.15) is 5.10 Å². The van der Waals surface area contributed by atoms with Gasteiger partial charge in [0.15, 0.2) is 5.96 Å². The SMILES string of the molecule is COc1ccc(NC(N)=NCc2cccc(NC(=O)Cn3cccn3)c2)cc1. The molecule has 0 spiro atoms. The molecule has 28 heavy (non-hydrogen) atoms. The average Bonchev–Trinajstić information content (AvgIpc) is 3.20. The lowest BCUT2D eigenvalue weighted by Crippen LogP contribution is -2.22. The van der Waals surface area contributed by atoms with Crippen LogP contribution in [0.4, 0.5) is 11.4 Å². The first kappa shape index (κ1) is 19.0. The quantitative estimate of drug-likeness (QED) is 0.432. The second kappa shape index (κ2) is 9.22. The third-order valence-corrected chi connectivity index (χ3v) is 3.87. The average molecular weight is 378 g/mol. The predicted molar refractivity (Wildman–Crippen MR) is 109 cm³/mol. The third kappa shape index (κ3) is 5.60. The highest BCUT2D eigenvalue weighted by Crippen LogP contribution is 2.15. The number of hydrogen-bond donors (Lipinski definition) is 3. The van der Waals surface area contributed by atoms with E-state index in [1.165, 1.54) is 0 Å². The van der Waals surface area contributed by atoms with Gasteiger partial charge in [-0.05, 0) is 48.0 Å². The molecule has 0 aliphatic carbocycles. The van der Waals surface area contributed by atoms with Gasteiger partial charge in [-0.1, -0.05) is 12.1 Å². The van der Waals surface area contributed by atoms with Crippen molar-refractivity contribution in [3.05, 3.63) is 72.6 Å². The zero-order valence-corrected chi connectivity index (χ0v) is 15.5. The monoisotopic (exact) mass is 378 g/mol. The van der Waals surface area contributed by atoms with Gasteiger partial charge >= 0.3 is 0 Å². The molecule has 3 aromatic rings. The van der Waals surface area contributed by atoms with Gasteiger partial charge in [0, 0.05) is 23.8 Å². The Morgan fingerprint density at radius 1 is 1.14 bits per heavy atom. The number of nitrogens with one attached hydrogen (secondary N) is 2. The van der Waals surface area contributed by atoms with Crippen LogP contribution in [0.3, 0.4) is 0 Å². The maximum Gasteiger partial charge on any atom is 0.246 e. The van der Waals surface area contributed by atoms with Gasteiger partial charge in [0.25, 0.3) is 0 Å². The molecule has 1 aromatic heterocycles. The van der Waals surface area contributed by atoms with Crippen LogP contribution in [0.1, 0.15) is 5.56 Å². The number of amides is 1. The van der Waals surface area contributed by atoms with Crippen LogP contribution in [-0.4, -0.2) is 28.8 Å². The molecule has 0 unspecified atom stereocenters. The Labute approximate surface area is 163 Å². The van der Waals surface area contributed by atoms with Crippen LogP contribution in [0.5, 0.6) is 5.75 Å². The molecular weight excluding hydrogens is 356 g/mol. The molecule has 0 bridgehead atoms. The zero-order chi connectivity index (χ0) is 19.8. The summed E-state index contributed by atoms with van der Waals surface area (Å²) in [5.74, 6) is 0.927. The number of benzene rings is 2. The minimum Gasteiger partial charge on any atom is -0.497 e. The lowest BCUT2D eigenvalue weighted by Gasteiger charge is -2.08. The molecule has 8 heteroatoms. The fourth-order valence-corrected chi connectivity index (χ4v) is 2.53. The number of ether oxygens (including phenoxy) is 1. The van der Waals surface area contributed by atoms with Crippen LogP contribution < -0.4 is 21.1 Å². The van der Waals surface area contributed by atoms with E-state index in [0.717, 1.165) is 17.0 Å². The molecule has 0 saturated heterocycles. The van der Waals surface area contributed by atoms with Crippen molar-refractivity contribution in [1.82, 2.24) is 9.78 Å². The Bertz CT molecular complexity index is 936. The first-order valence-corrected chi connectivity index (χ1v) is 8.69. The number of nitrogens with zero attached hydrogens (tertiary/aromatic N) is 3. The fraction of sp³-hybridized carbons (Fsp3) is 0.150. The lowest BCUT2D eigenvalue weighted by molar-refractivity contribution is -0.116. The molecule has 1 heterocycles. The highest BCUT2D eigenvalue weighted by atomic mass is 16.5. The van der Waals surface area contributed by atoms with Crippen molar-refractivity contribution in [3.8, 4) is 5.75 Å². The van der Waals surface area contributed by atoms with Gasteiger partial charge < -0.3 is 21.1 Å². The minimum absolute atomic E-state index is 0.148. The number of carbonyl (C=O) groups is 1. The van der Waals surface area contributed by atoms with E-state index in [0.29, 0.717) is 18.2 Å². The molecular formula is C20H22N6O2. The number of aromatic nitrogens is 2. The van der Waals surface area contributed by atoms with Gasteiger partial charge in [-0.15, -0.1) is 0 Å². The van der Waals surface area contributed by atoms with Crippen LogP contribution in [-0.2, 0) is 17.9 Å². The standard InChI is InChI=1S/C20H22N6O2/c1-28-18-8-6-16(7-9-18)25-20(21)22-13-15-4-2-5-17(12-15)24-19(27)14-26-11-3-10-23-26/h2-12H,13-14H2,1H3,(H,24,27)(H3,21,22,25). The molecule has 3 rings (SSSR count). The van der Waals surface area contributed by atoms with Crippen molar-refractivity contribution >= 4 is 23.2 Å². The van der Waals surface area contributed by atoms with Crippen LogP contribution >= 0.6 is 0 Å². The summed E-state index contributed by atoms with van der Waals surface area (Å²) in [4.78, 5) is 16.4. The van der Waals surface area contributed by atoms with Gasteiger partial charge in [0.05, 0.1) is 13.7 Å². The summed E-state index contributed by atoms with van der Waals surface area (Å²) < 4.78 is 6.69. The summed E-state index contributed by atoms with van der Waals surface area (Å²) in [7, 11) is 1.62. The number of aliphatic imine (C=N–C) groups is 1. The molecule has 1 amide bonds. The molecule has 0 radical (unpaired) electrons. The summed E-state index contributed by atoms with van der Waals surface area (Å²) in [6.45, 7) is 0.548. The minimum atomic E-state index is -0.148. The van der Waals surface area contributed by atoms with Crippen molar-refractivity contribution < 1.29 is 9.53 Å². The van der Waals surface area contributed by atoms with Crippen molar-refractivity contribution in [2.24, 2.45) is 10.7 Å². The van der Waals surface area contributed by atoms with Crippen LogP contribution in [0.25, 0.3) is 0 Å². The second-order valence-corrected chi connectivity index (χ2v) is 6.01. The Morgan fingerprint density at radius 3 is 2.68 bits per heavy atom. The molecule has 0 aliphatic heterocycles. The fourth-order valence-electron chi connectivity index (χ4n) is 2.53. The topological polar surface area (TPSA) is 107 Å². The maximum absolute atomic E-state index is 12.1. The first-order chi connectivity index (χ1) is 13.6. The number of anilines is 2. The summed E-state index contributed by atoms with van der Waals surface area (Å²) in [5, 5.41) is 9.90. The van der Waals surface area contributed by atoms with E-state index in [9.17, 15) is 4.79 Å².